The maximum atomic E-state index is 14.2. The van der Waals surface area contributed by atoms with Crippen molar-refractivity contribution in [3.63, 3.8) is 0 Å². The van der Waals surface area contributed by atoms with Gasteiger partial charge in [0.15, 0.2) is 0 Å². The number of halogens is 1. The van der Waals surface area contributed by atoms with Gasteiger partial charge in [0.05, 0.1) is 5.52 Å². The van der Waals surface area contributed by atoms with Crippen LogP contribution in [0.3, 0.4) is 0 Å². The highest BCUT2D eigenvalue weighted by atomic mass is 19.1. The molecule has 32 heavy (non-hydrogen) atoms. The molecule has 1 aliphatic rings. The summed E-state index contributed by atoms with van der Waals surface area (Å²) >= 11 is 0. The molecular weight excluding hydrogens is 409 g/mol. The summed E-state index contributed by atoms with van der Waals surface area (Å²) in [6, 6.07) is 13.5. The van der Waals surface area contributed by atoms with E-state index in [4.69, 9.17) is 4.52 Å². The fourth-order valence-corrected chi connectivity index (χ4v) is 4.92. The van der Waals surface area contributed by atoms with Crippen LogP contribution in [0.25, 0.3) is 21.8 Å². The number of nitrogens with zero attached hydrogens (tertiary/aromatic N) is 2. The zero-order valence-electron chi connectivity index (χ0n) is 17.8. The number of pyridine rings is 1. The van der Waals surface area contributed by atoms with Crippen molar-refractivity contribution in [2.24, 2.45) is 5.92 Å². The summed E-state index contributed by atoms with van der Waals surface area (Å²) in [5.74, 6) is 0.204. The van der Waals surface area contributed by atoms with E-state index in [1.807, 2.05) is 18.2 Å². The highest BCUT2D eigenvalue weighted by molar-refractivity contribution is 6.03. The van der Waals surface area contributed by atoms with Crippen LogP contribution in [0.2, 0.25) is 0 Å². The molecule has 164 valence electrons. The predicted octanol–water partition coefficient (Wildman–Crippen LogP) is 4.75. The van der Waals surface area contributed by atoms with Crippen molar-refractivity contribution in [3.8, 4) is 0 Å². The first kappa shape index (κ1) is 20.4. The predicted molar refractivity (Wildman–Crippen MR) is 120 cm³/mol. The fraction of sp³-hybridized carbons (Fsp3) is 0.320. The van der Waals surface area contributed by atoms with Crippen LogP contribution in [0.1, 0.15) is 47.8 Å². The van der Waals surface area contributed by atoms with E-state index >= 15 is 0 Å². The highest BCUT2D eigenvalue weighted by Gasteiger charge is 2.28. The molecule has 0 aliphatic heterocycles. The van der Waals surface area contributed by atoms with E-state index in [1.54, 1.807) is 29.7 Å². The van der Waals surface area contributed by atoms with Gasteiger partial charge in [-0.3, -0.25) is 9.59 Å². The van der Waals surface area contributed by atoms with E-state index in [0.717, 1.165) is 25.7 Å². The molecule has 1 amide bonds. The average Bonchev–Trinajstić information content (AvgIpc) is 3.20. The van der Waals surface area contributed by atoms with Crippen LogP contribution in [0.15, 0.2) is 57.8 Å². The monoisotopic (exact) mass is 433 g/mol. The molecule has 0 spiro atoms. The zero-order valence-corrected chi connectivity index (χ0v) is 17.8. The Balaban J connectivity index is 1.46. The van der Waals surface area contributed by atoms with Crippen LogP contribution >= 0.6 is 0 Å². The minimum Gasteiger partial charge on any atom is -0.360 e. The SMILES string of the molecule is Cc1onc2c1c(=O)n(C1CCCC(CNC(=O)c3ccccc3)C1)c1cc(F)ccc21. The van der Waals surface area contributed by atoms with Crippen molar-refractivity contribution < 1.29 is 13.7 Å². The second-order valence-electron chi connectivity index (χ2n) is 8.56. The van der Waals surface area contributed by atoms with Gasteiger partial charge in [-0.25, -0.2) is 4.39 Å². The molecular formula is C25H24FN3O3. The van der Waals surface area contributed by atoms with Crippen molar-refractivity contribution in [1.29, 1.82) is 0 Å². The minimum atomic E-state index is -0.396. The van der Waals surface area contributed by atoms with Crippen LogP contribution in [0, 0.1) is 18.7 Å². The van der Waals surface area contributed by atoms with E-state index in [-0.39, 0.29) is 23.4 Å². The summed E-state index contributed by atoms with van der Waals surface area (Å²) in [5, 5.41) is 8.24. The molecule has 0 saturated heterocycles. The van der Waals surface area contributed by atoms with Crippen molar-refractivity contribution in [2.75, 3.05) is 6.54 Å². The first-order chi connectivity index (χ1) is 15.5. The molecule has 2 aromatic carbocycles. The Morgan fingerprint density at radius 2 is 2.03 bits per heavy atom. The third-order valence-electron chi connectivity index (χ3n) is 6.48. The first-order valence-corrected chi connectivity index (χ1v) is 11.0. The van der Waals surface area contributed by atoms with E-state index in [1.165, 1.54) is 12.1 Å². The summed E-state index contributed by atoms with van der Waals surface area (Å²) in [4.78, 5) is 25.9. The van der Waals surface area contributed by atoms with E-state index < -0.39 is 5.82 Å². The lowest BCUT2D eigenvalue weighted by Crippen LogP contribution is -2.34. The molecule has 2 atom stereocenters. The molecule has 1 N–H and O–H groups in total. The number of carbonyl (C=O) groups excluding carboxylic acids is 1. The lowest BCUT2D eigenvalue weighted by atomic mass is 9.85. The number of hydrogen-bond acceptors (Lipinski definition) is 4. The summed E-state index contributed by atoms with van der Waals surface area (Å²) in [7, 11) is 0. The van der Waals surface area contributed by atoms with Crippen molar-refractivity contribution in [3.05, 3.63) is 76.0 Å². The molecule has 1 saturated carbocycles. The quantitative estimate of drug-likeness (QED) is 0.504. The Bertz CT molecular complexity index is 1360. The molecule has 1 fully saturated rings. The van der Waals surface area contributed by atoms with E-state index in [2.05, 4.69) is 10.5 Å². The van der Waals surface area contributed by atoms with Crippen LogP contribution < -0.4 is 10.9 Å². The molecule has 2 unspecified atom stereocenters. The van der Waals surface area contributed by atoms with E-state index in [9.17, 15) is 14.0 Å². The topological polar surface area (TPSA) is 77.1 Å². The van der Waals surface area contributed by atoms with Gasteiger partial charge < -0.3 is 14.4 Å². The fourth-order valence-electron chi connectivity index (χ4n) is 4.92. The van der Waals surface area contributed by atoms with Crippen LogP contribution in [-0.2, 0) is 0 Å². The van der Waals surface area contributed by atoms with Crippen molar-refractivity contribution in [2.45, 2.75) is 38.6 Å². The smallest absolute Gasteiger partial charge is 0.264 e. The summed E-state index contributed by atoms with van der Waals surface area (Å²) in [6.45, 7) is 2.26. The lowest BCUT2D eigenvalue weighted by molar-refractivity contribution is 0.0940. The Morgan fingerprint density at radius 1 is 1.22 bits per heavy atom. The summed E-state index contributed by atoms with van der Waals surface area (Å²) < 4.78 is 21.2. The molecule has 5 rings (SSSR count). The Kier molecular flexibility index (Phi) is 5.25. The Hall–Kier alpha value is -3.48. The number of aromatic nitrogens is 2. The molecule has 2 heterocycles. The second kappa shape index (κ2) is 8.22. The maximum absolute atomic E-state index is 14.2. The van der Waals surface area contributed by atoms with Gasteiger partial charge in [0.1, 0.15) is 22.5 Å². The number of nitrogens with one attached hydrogen (secondary N) is 1. The van der Waals surface area contributed by atoms with Gasteiger partial charge in [-0.1, -0.05) is 29.8 Å². The largest absolute Gasteiger partial charge is 0.360 e. The number of aryl methyl sites for hydroxylation is 1. The van der Waals surface area contributed by atoms with Gasteiger partial charge in [0, 0.05) is 23.5 Å². The number of amides is 1. The molecule has 4 aromatic rings. The van der Waals surface area contributed by atoms with Gasteiger partial charge in [-0.2, -0.15) is 0 Å². The Morgan fingerprint density at radius 3 is 2.84 bits per heavy atom. The molecule has 7 heteroatoms. The van der Waals surface area contributed by atoms with Crippen molar-refractivity contribution >= 4 is 27.7 Å². The van der Waals surface area contributed by atoms with Gasteiger partial charge in [-0.15, -0.1) is 0 Å². The number of hydrogen-bond donors (Lipinski definition) is 1. The van der Waals surface area contributed by atoms with Crippen molar-refractivity contribution in [1.82, 2.24) is 15.0 Å². The summed E-state index contributed by atoms with van der Waals surface area (Å²) in [5.41, 5.74) is 1.44. The third-order valence-corrected chi connectivity index (χ3v) is 6.48. The molecule has 1 aliphatic carbocycles. The first-order valence-electron chi connectivity index (χ1n) is 11.0. The molecule has 2 aromatic heterocycles. The number of rotatable bonds is 4. The van der Waals surface area contributed by atoms with Gasteiger partial charge in [0.2, 0.25) is 0 Å². The number of carbonyl (C=O) groups is 1. The maximum Gasteiger partial charge on any atom is 0.264 e. The molecule has 0 radical (unpaired) electrons. The molecule has 6 nitrogen and oxygen atoms in total. The van der Waals surface area contributed by atoms with Crippen LogP contribution in [-0.4, -0.2) is 22.2 Å². The normalized spacial score (nSPS) is 18.8. The number of benzene rings is 2. The van der Waals surface area contributed by atoms with Crippen LogP contribution in [0.4, 0.5) is 4.39 Å². The standard InChI is InChI=1S/C25H24FN3O3/c1-15-22-23(28-32-15)20-11-10-18(26)13-21(20)29(25(22)31)19-9-5-6-16(12-19)14-27-24(30)17-7-3-2-4-8-17/h2-4,7-8,10-11,13,16,19H,5-6,9,12,14H2,1H3,(H,27,30). The van der Waals surface area contributed by atoms with Gasteiger partial charge >= 0.3 is 0 Å². The average molecular weight is 433 g/mol. The molecule has 0 bridgehead atoms. The Labute approximate surface area is 184 Å². The van der Waals surface area contributed by atoms with Gasteiger partial charge in [0.25, 0.3) is 11.5 Å². The number of fused-ring (bicyclic) bond motifs is 3. The minimum absolute atomic E-state index is 0.0853. The zero-order chi connectivity index (χ0) is 22.2. The van der Waals surface area contributed by atoms with Gasteiger partial charge in [-0.05, 0) is 62.4 Å². The third kappa shape index (κ3) is 3.57. The highest BCUT2D eigenvalue weighted by Crippen LogP contribution is 2.35. The summed E-state index contributed by atoms with van der Waals surface area (Å²) in [6.07, 6.45) is 3.46. The van der Waals surface area contributed by atoms with E-state index in [0.29, 0.717) is 39.7 Å². The second-order valence-corrected chi connectivity index (χ2v) is 8.56. The lowest BCUT2D eigenvalue weighted by Gasteiger charge is -2.31. The van der Waals surface area contributed by atoms with Crippen LogP contribution in [0.5, 0.6) is 0 Å².